The number of rotatable bonds is 10. The molecule has 0 fully saturated rings. The number of allylic oxidation sites excluding steroid dienone is 1. The molecule has 0 saturated carbocycles. The summed E-state index contributed by atoms with van der Waals surface area (Å²) in [5.41, 5.74) is 7.33. The predicted octanol–water partition coefficient (Wildman–Crippen LogP) is 12.4. The molecule has 1 atom stereocenters. The summed E-state index contributed by atoms with van der Waals surface area (Å²) in [5, 5.41) is 0. The minimum absolute atomic E-state index is 0.0185. The van der Waals surface area contributed by atoms with Crippen LogP contribution in [0.25, 0.3) is 17.5 Å². The molecule has 44 heavy (non-hydrogen) atoms. The van der Waals surface area contributed by atoms with Gasteiger partial charge in [0, 0.05) is 17.5 Å². The molecule has 0 aliphatic heterocycles. The first-order valence-electron chi connectivity index (χ1n) is 17.1. The predicted molar refractivity (Wildman–Crippen MR) is 196 cm³/mol. The summed E-state index contributed by atoms with van der Waals surface area (Å²) < 4.78 is 0. The van der Waals surface area contributed by atoms with Gasteiger partial charge in [-0.3, -0.25) is 14.8 Å². The molecule has 2 aromatic heterocycles. The first-order chi connectivity index (χ1) is 21.1. The van der Waals surface area contributed by atoms with E-state index in [0.717, 1.165) is 22.9 Å². The normalized spacial score (nSPS) is 10.6. The highest BCUT2D eigenvalue weighted by Gasteiger charge is 2.13. The number of hydrogen-bond acceptors (Lipinski definition) is 4. The minimum Gasteiger partial charge on any atom is -0.294 e. The Bertz CT molecular complexity index is 1160. The van der Waals surface area contributed by atoms with Gasteiger partial charge in [-0.05, 0) is 64.2 Å². The molecular formula is C40H65N3O. The molecule has 1 unspecified atom stereocenters. The van der Waals surface area contributed by atoms with Gasteiger partial charge in [-0.25, -0.2) is 4.98 Å². The second-order valence-corrected chi connectivity index (χ2v) is 11.1. The van der Waals surface area contributed by atoms with Crippen molar-refractivity contribution in [3.05, 3.63) is 82.4 Å². The molecule has 4 heteroatoms. The maximum Gasteiger partial charge on any atom is 0.162 e. The van der Waals surface area contributed by atoms with E-state index >= 15 is 0 Å². The summed E-state index contributed by atoms with van der Waals surface area (Å²) in [6, 6.07) is 10.6. The van der Waals surface area contributed by atoms with E-state index in [0.29, 0.717) is 17.0 Å². The van der Waals surface area contributed by atoms with E-state index in [4.69, 9.17) is 0 Å². The number of carbonyl (C=O) groups excluding carboxylic acids is 1. The Kier molecular flexibility index (Phi) is 26.8. The number of aromatic nitrogens is 3. The highest BCUT2D eigenvalue weighted by atomic mass is 16.1. The second-order valence-electron chi connectivity index (χ2n) is 11.1. The number of Topliss-reactive ketones (excluding diaryl/α,β-unsaturated/α-hetero) is 1. The van der Waals surface area contributed by atoms with Gasteiger partial charge in [0.15, 0.2) is 5.78 Å². The van der Waals surface area contributed by atoms with Gasteiger partial charge in [0.05, 0.1) is 17.6 Å². The maximum atomic E-state index is 11.8. The van der Waals surface area contributed by atoms with Gasteiger partial charge in [-0.1, -0.05) is 142 Å². The summed E-state index contributed by atoms with van der Waals surface area (Å²) in [6.07, 6.45) is 17.8. The van der Waals surface area contributed by atoms with Crippen LogP contribution in [-0.2, 0) is 6.42 Å². The first-order valence-corrected chi connectivity index (χ1v) is 17.1. The van der Waals surface area contributed by atoms with E-state index in [2.05, 4.69) is 87.7 Å². The third-order valence-electron chi connectivity index (χ3n) is 6.85. The van der Waals surface area contributed by atoms with Crippen LogP contribution in [-0.4, -0.2) is 20.7 Å². The van der Waals surface area contributed by atoms with Crippen LogP contribution < -0.4 is 0 Å². The van der Waals surface area contributed by atoms with Gasteiger partial charge in [-0.15, -0.1) is 0 Å². The van der Waals surface area contributed by atoms with Crippen LogP contribution in [0.5, 0.6) is 0 Å². The highest BCUT2D eigenvalue weighted by Crippen LogP contribution is 2.22. The molecule has 0 amide bonds. The van der Waals surface area contributed by atoms with Gasteiger partial charge in [0.1, 0.15) is 5.69 Å². The fraction of sp³-hybridized carbons (Fsp3) is 0.550. The number of ketones is 1. The van der Waals surface area contributed by atoms with E-state index in [1.807, 2.05) is 52.8 Å². The summed E-state index contributed by atoms with van der Waals surface area (Å²) in [5.74, 6) is 0.972. The lowest BCUT2D eigenvalue weighted by molar-refractivity contribution is 0.101. The monoisotopic (exact) mass is 604 g/mol. The molecule has 0 N–H and O–H groups in total. The standard InChI is InChI=1S/C16H17N3O.C10H14.C8H18.C4H10.C2H6/c1-5-6-13-7-14(15-9-17-8-10(2)18-15)19-11(3)16(13)12(4)20;1-3-4-10-7-5-9(2)6-8-10;1-4-6-7-8(3)5-2;1-3-4-2;1-2/h5-9H,1-4H3;5-8H,3-4H2,1-2H3;8H,4-7H2,1-3H3;3-4H2,1-2H3;1-2H3/b6-5-;;;;. The SMILES string of the molecule is C/C=C\c1cc(-c2cncc(C)n2)nc(C)c1C(C)=O.CC.CCCC.CCCCC(C)CC.CCCc1ccc(C)cc1. The van der Waals surface area contributed by atoms with E-state index < -0.39 is 0 Å². The smallest absolute Gasteiger partial charge is 0.162 e. The molecule has 3 rings (SSSR count). The van der Waals surface area contributed by atoms with Crippen LogP contribution in [0.1, 0.15) is 153 Å². The van der Waals surface area contributed by atoms with Crippen molar-refractivity contribution in [2.24, 2.45) is 5.92 Å². The Morgan fingerprint density at radius 3 is 1.91 bits per heavy atom. The molecule has 4 nitrogen and oxygen atoms in total. The Morgan fingerprint density at radius 1 is 0.841 bits per heavy atom. The molecule has 0 aliphatic carbocycles. The van der Waals surface area contributed by atoms with Crippen molar-refractivity contribution in [1.82, 2.24) is 15.0 Å². The summed E-state index contributed by atoms with van der Waals surface area (Å²) in [7, 11) is 0. The largest absolute Gasteiger partial charge is 0.294 e. The fourth-order valence-corrected chi connectivity index (χ4v) is 3.98. The van der Waals surface area contributed by atoms with Gasteiger partial charge < -0.3 is 0 Å². The fourth-order valence-electron chi connectivity index (χ4n) is 3.98. The van der Waals surface area contributed by atoms with Crippen LogP contribution >= 0.6 is 0 Å². The number of pyridine rings is 1. The molecule has 3 aromatic rings. The molecule has 0 saturated heterocycles. The number of carbonyl (C=O) groups is 1. The lowest BCUT2D eigenvalue weighted by atomic mass is 10.0. The number of hydrogen-bond donors (Lipinski definition) is 0. The summed E-state index contributed by atoms with van der Waals surface area (Å²) in [4.78, 5) is 24.8. The van der Waals surface area contributed by atoms with Gasteiger partial charge in [0.2, 0.25) is 0 Å². The lowest BCUT2D eigenvalue weighted by Gasteiger charge is -2.09. The third kappa shape index (κ3) is 19.2. The number of nitrogens with zero attached hydrogens (tertiary/aromatic N) is 3. The van der Waals surface area contributed by atoms with E-state index in [1.165, 1.54) is 62.5 Å². The summed E-state index contributed by atoms with van der Waals surface area (Å²) >= 11 is 0. The van der Waals surface area contributed by atoms with Crippen molar-refractivity contribution >= 4 is 11.9 Å². The average Bonchev–Trinajstić information content (AvgIpc) is 3.02. The van der Waals surface area contributed by atoms with Gasteiger partial charge in [0.25, 0.3) is 0 Å². The van der Waals surface area contributed by atoms with Crippen molar-refractivity contribution in [3.8, 4) is 11.4 Å². The van der Waals surface area contributed by atoms with Crippen LogP contribution in [0.4, 0.5) is 0 Å². The van der Waals surface area contributed by atoms with Gasteiger partial charge in [-0.2, -0.15) is 0 Å². The summed E-state index contributed by atoms with van der Waals surface area (Å²) in [6.45, 7) is 26.7. The molecule has 246 valence electrons. The van der Waals surface area contributed by atoms with E-state index in [-0.39, 0.29) is 5.78 Å². The number of benzene rings is 1. The van der Waals surface area contributed by atoms with Crippen LogP contribution in [0.15, 0.2) is 48.8 Å². The highest BCUT2D eigenvalue weighted by molar-refractivity contribution is 5.99. The lowest BCUT2D eigenvalue weighted by Crippen LogP contribution is -2.04. The van der Waals surface area contributed by atoms with Crippen LogP contribution in [0.2, 0.25) is 0 Å². The van der Waals surface area contributed by atoms with Crippen molar-refractivity contribution in [2.75, 3.05) is 0 Å². The molecule has 1 aromatic carbocycles. The maximum absolute atomic E-state index is 11.8. The van der Waals surface area contributed by atoms with Crippen LogP contribution in [0.3, 0.4) is 0 Å². The Morgan fingerprint density at radius 2 is 1.45 bits per heavy atom. The number of unbranched alkanes of at least 4 members (excludes halogenated alkanes) is 2. The topological polar surface area (TPSA) is 55.7 Å². The molecule has 2 heterocycles. The van der Waals surface area contributed by atoms with Crippen molar-refractivity contribution in [1.29, 1.82) is 0 Å². The zero-order valence-corrected chi connectivity index (χ0v) is 30.7. The zero-order valence-electron chi connectivity index (χ0n) is 30.7. The number of aryl methyl sites for hydroxylation is 4. The molecule has 0 bridgehead atoms. The second kappa shape index (κ2) is 27.4. The Hall–Kier alpha value is -3.14. The van der Waals surface area contributed by atoms with E-state index in [1.54, 1.807) is 19.3 Å². The molecule has 0 aliphatic rings. The minimum atomic E-state index is 0.0185. The van der Waals surface area contributed by atoms with Crippen LogP contribution in [0, 0.1) is 26.7 Å². The Labute approximate surface area is 272 Å². The van der Waals surface area contributed by atoms with Crippen molar-refractivity contribution in [3.63, 3.8) is 0 Å². The average molecular weight is 604 g/mol. The first kappa shape index (κ1) is 43.0. The quantitative estimate of drug-likeness (QED) is 0.216. The third-order valence-corrected chi connectivity index (χ3v) is 6.85. The van der Waals surface area contributed by atoms with Crippen molar-refractivity contribution < 1.29 is 4.79 Å². The zero-order chi connectivity index (χ0) is 33.9. The molecule has 0 spiro atoms. The Balaban J connectivity index is 0. The van der Waals surface area contributed by atoms with E-state index in [9.17, 15) is 4.79 Å². The molecular weight excluding hydrogens is 538 g/mol. The van der Waals surface area contributed by atoms with Gasteiger partial charge >= 0.3 is 0 Å². The molecule has 0 radical (unpaired) electrons. The van der Waals surface area contributed by atoms with Crippen molar-refractivity contribution in [2.45, 2.75) is 141 Å².